The zero-order valence-corrected chi connectivity index (χ0v) is 13.9. The van der Waals surface area contributed by atoms with E-state index in [1.165, 1.54) is 18.1 Å². The molecule has 2 rings (SSSR count). The number of nitrogens with one attached hydrogen (secondary N) is 1. The normalized spacial score (nSPS) is 21.1. The zero-order chi connectivity index (χ0) is 16.7. The van der Waals surface area contributed by atoms with Gasteiger partial charge in [0.15, 0.2) is 6.61 Å². The molecule has 1 fully saturated rings. The maximum Gasteiger partial charge on any atom is 0.331 e. The van der Waals surface area contributed by atoms with Crippen molar-refractivity contribution in [3.05, 3.63) is 41.5 Å². The average Bonchev–Trinajstić information content (AvgIpc) is 2.54. The largest absolute Gasteiger partial charge is 0.452 e. The van der Waals surface area contributed by atoms with Gasteiger partial charge in [-0.3, -0.25) is 4.79 Å². The Balaban J connectivity index is 1.73. The summed E-state index contributed by atoms with van der Waals surface area (Å²) in [6, 6.07) is 8.01. The number of amides is 1. The van der Waals surface area contributed by atoms with Gasteiger partial charge in [0.1, 0.15) is 0 Å². The van der Waals surface area contributed by atoms with Crippen LogP contribution in [0.4, 0.5) is 0 Å². The van der Waals surface area contributed by atoms with Crippen molar-refractivity contribution in [2.24, 2.45) is 5.92 Å². The Bertz CT molecular complexity index is 562. The van der Waals surface area contributed by atoms with Crippen molar-refractivity contribution in [3.63, 3.8) is 0 Å². The molecule has 1 aliphatic rings. The monoisotopic (exact) mass is 315 g/mol. The number of benzene rings is 1. The fraction of sp³-hybridized carbons (Fsp3) is 0.474. The molecule has 4 heteroatoms. The van der Waals surface area contributed by atoms with Gasteiger partial charge in [-0.1, -0.05) is 49.6 Å². The predicted molar refractivity (Wildman–Crippen MR) is 90.7 cm³/mol. The lowest BCUT2D eigenvalue weighted by molar-refractivity contribution is -0.144. The summed E-state index contributed by atoms with van der Waals surface area (Å²) in [6.45, 7) is 3.94. The molecule has 0 radical (unpaired) electrons. The van der Waals surface area contributed by atoms with E-state index in [0.717, 1.165) is 24.8 Å². The number of rotatable bonds is 5. The molecule has 0 aliphatic heterocycles. The first-order valence-electron chi connectivity index (χ1n) is 8.25. The molecule has 1 saturated carbocycles. The van der Waals surface area contributed by atoms with Crippen LogP contribution in [0, 0.1) is 12.8 Å². The molecular weight excluding hydrogens is 290 g/mol. The van der Waals surface area contributed by atoms with Gasteiger partial charge >= 0.3 is 5.97 Å². The topological polar surface area (TPSA) is 55.4 Å². The molecular formula is C19H25NO3. The van der Waals surface area contributed by atoms with E-state index in [1.54, 1.807) is 6.08 Å². The van der Waals surface area contributed by atoms with Crippen molar-refractivity contribution < 1.29 is 14.3 Å². The van der Waals surface area contributed by atoms with E-state index in [9.17, 15) is 9.59 Å². The molecule has 0 unspecified atom stereocenters. The number of aryl methyl sites for hydroxylation is 1. The summed E-state index contributed by atoms with van der Waals surface area (Å²) in [7, 11) is 0. The Morgan fingerprint density at radius 1 is 1.22 bits per heavy atom. The van der Waals surface area contributed by atoms with E-state index >= 15 is 0 Å². The van der Waals surface area contributed by atoms with Crippen LogP contribution in [0.1, 0.15) is 43.7 Å². The average molecular weight is 315 g/mol. The third-order valence-electron chi connectivity index (χ3n) is 4.29. The van der Waals surface area contributed by atoms with Crippen molar-refractivity contribution in [2.45, 2.75) is 45.6 Å². The fourth-order valence-electron chi connectivity index (χ4n) is 2.81. The van der Waals surface area contributed by atoms with E-state index in [0.29, 0.717) is 5.92 Å². The molecule has 1 aliphatic carbocycles. The quantitative estimate of drug-likeness (QED) is 0.670. The van der Waals surface area contributed by atoms with Crippen LogP contribution in [0.25, 0.3) is 6.08 Å². The molecule has 1 N–H and O–H groups in total. The molecule has 0 aromatic heterocycles. The van der Waals surface area contributed by atoms with Crippen molar-refractivity contribution in [1.29, 1.82) is 0 Å². The summed E-state index contributed by atoms with van der Waals surface area (Å²) in [6.07, 6.45) is 7.56. The highest BCUT2D eigenvalue weighted by Gasteiger charge is 2.22. The van der Waals surface area contributed by atoms with E-state index in [2.05, 4.69) is 12.2 Å². The predicted octanol–water partition coefficient (Wildman–Crippen LogP) is 3.25. The van der Waals surface area contributed by atoms with E-state index < -0.39 is 5.97 Å². The highest BCUT2D eigenvalue weighted by Crippen LogP contribution is 2.23. The van der Waals surface area contributed by atoms with Crippen LogP contribution in [-0.2, 0) is 14.3 Å². The SMILES string of the molecule is Cc1ccc(/C=C/C(=O)OCC(=O)N[C@@H]2CCCC[C@@H]2C)cc1. The maximum absolute atomic E-state index is 11.9. The van der Waals surface area contributed by atoms with Gasteiger partial charge in [-0.25, -0.2) is 4.79 Å². The number of ether oxygens (including phenoxy) is 1. The Morgan fingerprint density at radius 3 is 2.61 bits per heavy atom. The van der Waals surface area contributed by atoms with Gasteiger partial charge in [0.05, 0.1) is 0 Å². The Labute approximate surface area is 137 Å². The van der Waals surface area contributed by atoms with Crippen LogP contribution in [0.2, 0.25) is 0 Å². The van der Waals surface area contributed by atoms with Crippen LogP contribution in [0.15, 0.2) is 30.3 Å². The number of hydrogen-bond acceptors (Lipinski definition) is 3. The van der Waals surface area contributed by atoms with Gasteiger partial charge in [-0.15, -0.1) is 0 Å². The van der Waals surface area contributed by atoms with Gasteiger partial charge in [0.2, 0.25) is 0 Å². The minimum atomic E-state index is -0.502. The maximum atomic E-state index is 11.9. The summed E-state index contributed by atoms with van der Waals surface area (Å²) in [5.74, 6) is -0.233. The lowest BCUT2D eigenvalue weighted by Gasteiger charge is -2.29. The van der Waals surface area contributed by atoms with Gasteiger partial charge in [0.25, 0.3) is 5.91 Å². The number of hydrogen-bond donors (Lipinski definition) is 1. The van der Waals surface area contributed by atoms with Gasteiger partial charge in [-0.05, 0) is 37.3 Å². The van der Waals surface area contributed by atoms with Crippen LogP contribution in [0.3, 0.4) is 0 Å². The van der Waals surface area contributed by atoms with Gasteiger partial charge in [0, 0.05) is 12.1 Å². The number of esters is 1. The standard InChI is InChI=1S/C19H25NO3/c1-14-7-9-16(10-8-14)11-12-19(22)23-13-18(21)20-17-6-4-3-5-15(17)2/h7-12,15,17H,3-6,13H2,1-2H3,(H,20,21)/b12-11+/t15-,17+/m0/s1. The molecule has 124 valence electrons. The first-order chi connectivity index (χ1) is 11.0. The van der Waals surface area contributed by atoms with Crippen molar-refractivity contribution >= 4 is 18.0 Å². The fourth-order valence-corrected chi connectivity index (χ4v) is 2.81. The summed E-state index contributed by atoms with van der Waals surface area (Å²) in [5.41, 5.74) is 2.09. The molecule has 1 amide bonds. The lowest BCUT2D eigenvalue weighted by atomic mass is 9.86. The Kier molecular flexibility index (Phi) is 6.39. The second kappa shape index (κ2) is 8.51. The molecule has 1 aromatic carbocycles. The van der Waals surface area contributed by atoms with Crippen LogP contribution < -0.4 is 5.32 Å². The lowest BCUT2D eigenvalue weighted by Crippen LogP contribution is -2.42. The first-order valence-corrected chi connectivity index (χ1v) is 8.25. The van der Waals surface area contributed by atoms with E-state index in [1.807, 2.05) is 31.2 Å². The minimum absolute atomic E-state index is 0.207. The van der Waals surface area contributed by atoms with E-state index in [-0.39, 0.29) is 18.6 Å². The second-order valence-corrected chi connectivity index (χ2v) is 6.29. The molecule has 0 saturated heterocycles. The van der Waals surface area contributed by atoms with Crippen molar-refractivity contribution in [1.82, 2.24) is 5.32 Å². The molecule has 0 bridgehead atoms. The van der Waals surface area contributed by atoms with Gasteiger partial charge in [-0.2, -0.15) is 0 Å². The number of carbonyl (C=O) groups is 2. The second-order valence-electron chi connectivity index (χ2n) is 6.29. The van der Waals surface area contributed by atoms with Gasteiger partial charge < -0.3 is 10.1 Å². The summed E-state index contributed by atoms with van der Waals surface area (Å²) < 4.78 is 4.99. The molecule has 1 aromatic rings. The smallest absolute Gasteiger partial charge is 0.331 e. The Hall–Kier alpha value is -2.10. The van der Waals surface area contributed by atoms with Crippen LogP contribution >= 0.6 is 0 Å². The molecule has 0 heterocycles. The highest BCUT2D eigenvalue weighted by atomic mass is 16.5. The molecule has 23 heavy (non-hydrogen) atoms. The third-order valence-corrected chi connectivity index (χ3v) is 4.29. The third kappa shape index (κ3) is 5.89. The minimum Gasteiger partial charge on any atom is -0.452 e. The van der Waals surface area contributed by atoms with Crippen molar-refractivity contribution in [2.75, 3.05) is 6.61 Å². The van der Waals surface area contributed by atoms with Crippen molar-refractivity contribution in [3.8, 4) is 0 Å². The van der Waals surface area contributed by atoms with Crippen LogP contribution in [-0.4, -0.2) is 24.5 Å². The summed E-state index contributed by atoms with van der Waals surface area (Å²) in [5, 5.41) is 2.96. The molecule has 0 spiro atoms. The van der Waals surface area contributed by atoms with Crippen LogP contribution in [0.5, 0.6) is 0 Å². The summed E-state index contributed by atoms with van der Waals surface area (Å²) in [4.78, 5) is 23.5. The van der Waals surface area contributed by atoms with E-state index in [4.69, 9.17) is 4.74 Å². The first kappa shape index (κ1) is 17.3. The molecule has 4 nitrogen and oxygen atoms in total. The zero-order valence-electron chi connectivity index (χ0n) is 13.9. The summed E-state index contributed by atoms with van der Waals surface area (Å²) >= 11 is 0. The number of carbonyl (C=O) groups excluding carboxylic acids is 2. The highest BCUT2D eigenvalue weighted by molar-refractivity contribution is 5.89. The Morgan fingerprint density at radius 2 is 1.91 bits per heavy atom. The molecule has 2 atom stereocenters.